The molecule has 1 N–H and O–H groups in total. The summed E-state index contributed by atoms with van der Waals surface area (Å²) >= 11 is 5.96. The molecular weight excluding hydrogens is 174 g/mol. The topological polar surface area (TPSA) is 29.1 Å². The van der Waals surface area contributed by atoms with E-state index in [1.54, 1.807) is 6.92 Å². The average molecular weight is 186 g/mol. The first-order valence-electron chi connectivity index (χ1n) is 3.88. The number of nitrogens with one attached hydrogen (secondary N) is 1. The highest BCUT2D eigenvalue weighted by atomic mass is 35.5. The number of allylic oxidation sites excluding steroid dienone is 3. The number of amides is 1. The van der Waals surface area contributed by atoms with Crippen molar-refractivity contribution in [2.45, 2.75) is 20.8 Å². The Morgan fingerprint density at radius 3 is 2.67 bits per heavy atom. The molecule has 0 fully saturated rings. The molecule has 1 aliphatic rings. The standard InChI is InChI=1S/C9H12ClNO/c1-5-4-6(2)11-9(12)7(3)8(5)10/h4,7H,1-3H3,(H,11,12). The van der Waals surface area contributed by atoms with Crippen molar-refractivity contribution in [1.82, 2.24) is 5.32 Å². The van der Waals surface area contributed by atoms with Crippen LogP contribution in [0.25, 0.3) is 0 Å². The smallest absolute Gasteiger partial charge is 0.232 e. The van der Waals surface area contributed by atoms with E-state index in [2.05, 4.69) is 5.32 Å². The van der Waals surface area contributed by atoms with Crippen molar-refractivity contribution in [2.24, 2.45) is 5.92 Å². The summed E-state index contributed by atoms with van der Waals surface area (Å²) < 4.78 is 0. The Kier molecular flexibility index (Phi) is 2.58. The van der Waals surface area contributed by atoms with E-state index in [1.165, 1.54) is 0 Å². The molecule has 1 atom stereocenters. The molecule has 0 spiro atoms. The summed E-state index contributed by atoms with van der Waals surface area (Å²) in [6.07, 6.45) is 1.88. The zero-order chi connectivity index (χ0) is 9.30. The molecule has 1 amide bonds. The molecule has 12 heavy (non-hydrogen) atoms. The van der Waals surface area contributed by atoms with Crippen LogP contribution >= 0.6 is 11.6 Å². The summed E-state index contributed by atoms with van der Waals surface area (Å²) in [5.74, 6) is -0.272. The fourth-order valence-electron chi connectivity index (χ4n) is 1.19. The highest BCUT2D eigenvalue weighted by molar-refractivity contribution is 6.32. The normalized spacial score (nSPS) is 24.8. The summed E-state index contributed by atoms with van der Waals surface area (Å²) in [7, 11) is 0. The van der Waals surface area contributed by atoms with Crippen LogP contribution in [0.3, 0.4) is 0 Å². The van der Waals surface area contributed by atoms with E-state index in [-0.39, 0.29) is 11.8 Å². The Morgan fingerprint density at radius 2 is 2.08 bits per heavy atom. The molecule has 0 saturated carbocycles. The van der Waals surface area contributed by atoms with E-state index in [9.17, 15) is 4.79 Å². The van der Waals surface area contributed by atoms with Crippen molar-refractivity contribution >= 4 is 17.5 Å². The molecule has 0 saturated heterocycles. The van der Waals surface area contributed by atoms with Gasteiger partial charge in [-0.3, -0.25) is 4.79 Å². The minimum Gasteiger partial charge on any atom is -0.330 e. The van der Waals surface area contributed by atoms with Gasteiger partial charge in [-0.25, -0.2) is 0 Å². The second-order valence-electron chi connectivity index (χ2n) is 3.07. The van der Waals surface area contributed by atoms with E-state index in [4.69, 9.17) is 11.6 Å². The number of carbonyl (C=O) groups is 1. The summed E-state index contributed by atoms with van der Waals surface area (Å²) in [4.78, 5) is 11.3. The lowest BCUT2D eigenvalue weighted by atomic mass is 10.1. The largest absolute Gasteiger partial charge is 0.330 e. The molecule has 0 aromatic heterocycles. The Hall–Kier alpha value is -0.760. The maximum absolute atomic E-state index is 11.3. The van der Waals surface area contributed by atoms with Crippen LogP contribution in [-0.2, 0) is 4.79 Å². The molecule has 3 heteroatoms. The van der Waals surface area contributed by atoms with Gasteiger partial charge in [0, 0.05) is 10.7 Å². The molecule has 2 nitrogen and oxygen atoms in total. The summed E-state index contributed by atoms with van der Waals surface area (Å²) in [6.45, 7) is 5.56. The zero-order valence-corrected chi connectivity index (χ0v) is 8.20. The maximum atomic E-state index is 11.3. The predicted molar refractivity (Wildman–Crippen MR) is 49.6 cm³/mol. The third-order valence-corrected chi connectivity index (χ3v) is 2.53. The molecule has 0 aromatic carbocycles. The number of hydrogen-bond acceptors (Lipinski definition) is 1. The van der Waals surface area contributed by atoms with Crippen LogP contribution in [0.1, 0.15) is 20.8 Å². The maximum Gasteiger partial charge on any atom is 0.232 e. The minimum atomic E-state index is -0.236. The third-order valence-electron chi connectivity index (χ3n) is 1.90. The minimum absolute atomic E-state index is 0.0365. The van der Waals surface area contributed by atoms with E-state index >= 15 is 0 Å². The van der Waals surface area contributed by atoms with Crippen LogP contribution in [0.2, 0.25) is 0 Å². The Balaban J connectivity index is 3.08. The zero-order valence-electron chi connectivity index (χ0n) is 7.44. The lowest BCUT2D eigenvalue weighted by Crippen LogP contribution is -2.26. The van der Waals surface area contributed by atoms with E-state index < -0.39 is 0 Å². The van der Waals surface area contributed by atoms with Gasteiger partial charge in [0.15, 0.2) is 0 Å². The summed E-state index contributed by atoms with van der Waals surface area (Å²) in [6, 6.07) is 0. The first-order valence-corrected chi connectivity index (χ1v) is 4.25. The van der Waals surface area contributed by atoms with Gasteiger partial charge >= 0.3 is 0 Å². The van der Waals surface area contributed by atoms with Crippen molar-refractivity contribution < 1.29 is 4.79 Å². The lowest BCUT2D eigenvalue weighted by Gasteiger charge is -2.08. The molecule has 0 aromatic rings. The number of halogens is 1. The van der Waals surface area contributed by atoms with Gasteiger partial charge in [-0.2, -0.15) is 0 Å². The van der Waals surface area contributed by atoms with E-state index in [0.717, 1.165) is 11.3 Å². The Bertz CT molecular complexity index is 278. The van der Waals surface area contributed by atoms with Gasteiger partial charge in [-0.1, -0.05) is 11.6 Å². The molecule has 66 valence electrons. The van der Waals surface area contributed by atoms with Gasteiger partial charge in [0.1, 0.15) is 0 Å². The number of rotatable bonds is 0. The van der Waals surface area contributed by atoms with Crippen LogP contribution < -0.4 is 5.32 Å². The lowest BCUT2D eigenvalue weighted by molar-refractivity contribution is -0.122. The SMILES string of the molecule is CC1=CC(C)=C(Cl)C(C)C(=O)N1. The monoisotopic (exact) mass is 185 g/mol. The van der Waals surface area contributed by atoms with Gasteiger partial charge < -0.3 is 5.32 Å². The highest BCUT2D eigenvalue weighted by Crippen LogP contribution is 2.23. The molecule has 1 rings (SSSR count). The third kappa shape index (κ3) is 1.69. The molecule has 1 aliphatic heterocycles. The number of hydrogen-bond donors (Lipinski definition) is 1. The van der Waals surface area contributed by atoms with Crippen LogP contribution in [0.15, 0.2) is 22.4 Å². The molecule has 1 heterocycles. The van der Waals surface area contributed by atoms with Crippen molar-refractivity contribution in [3.63, 3.8) is 0 Å². The molecule has 0 radical (unpaired) electrons. The van der Waals surface area contributed by atoms with Gasteiger partial charge in [-0.05, 0) is 32.4 Å². The molecular formula is C9H12ClNO. The Morgan fingerprint density at radius 1 is 1.50 bits per heavy atom. The first-order chi connectivity index (χ1) is 5.52. The van der Waals surface area contributed by atoms with Crippen LogP contribution in [0.4, 0.5) is 0 Å². The van der Waals surface area contributed by atoms with Crippen molar-refractivity contribution in [3.05, 3.63) is 22.4 Å². The van der Waals surface area contributed by atoms with Gasteiger partial charge in [-0.15, -0.1) is 0 Å². The molecule has 0 bridgehead atoms. The van der Waals surface area contributed by atoms with E-state index in [0.29, 0.717) is 5.03 Å². The second kappa shape index (κ2) is 3.31. The van der Waals surface area contributed by atoms with Crippen LogP contribution in [0, 0.1) is 5.92 Å². The van der Waals surface area contributed by atoms with Crippen molar-refractivity contribution in [2.75, 3.05) is 0 Å². The van der Waals surface area contributed by atoms with Crippen molar-refractivity contribution in [1.29, 1.82) is 0 Å². The van der Waals surface area contributed by atoms with Gasteiger partial charge in [0.25, 0.3) is 0 Å². The van der Waals surface area contributed by atoms with Gasteiger partial charge in [0.05, 0.1) is 5.92 Å². The van der Waals surface area contributed by atoms with Crippen LogP contribution in [-0.4, -0.2) is 5.91 Å². The fourth-order valence-corrected chi connectivity index (χ4v) is 1.34. The quantitative estimate of drug-likeness (QED) is 0.616. The second-order valence-corrected chi connectivity index (χ2v) is 3.48. The van der Waals surface area contributed by atoms with E-state index in [1.807, 2.05) is 19.9 Å². The van der Waals surface area contributed by atoms with Crippen LogP contribution in [0.5, 0.6) is 0 Å². The average Bonchev–Trinajstić information content (AvgIpc) is 2.05. The Labute approximate surface area is 77.3 Å². The fraction of sp³-hybridized carbons (Fsp3) is 0.444. The summed E-state index contributed by atoms with van der Waals surface area (Å²) in [5, 5.41) is 3.38. The summed E-state index contributed by atoms with van der Waals surface area (Å²) in [5.41, 5.74) is 1.81. The molecule has 1 unspecified atom stereocenters. The first kappa shape index (κ1) is 9.33. The highest BCUT2D eigenvalue weighted by Gasteiger charge is 2.20. The molecule has 0 aliphatic carbocycles. The van der Waals surface area contributed by atoms with Gasteiger partial charge in [0.2, 0.25) is 5.91 Å². The number of carbonyl (C=O) groups excluding carboxylic acids is 1. The predicted octanol–water partition coefficient (Wildman–Crippen LogP) is 2.17. The van der Waals surface area contributed by atoms with Crippen molar-refractivity contribution in [3.8, 4) is 0 Å².